The van der Waals surface area contributed by atoms with Crippen LogP contribution >= 0.6 is 24.8 Å². The maximum atomic E-state index is 12.2. The fourth-order valence-electron chi connectivity index (χ4n) is 2.56. The molecule has 10 heteroatoms. The predicted molar refractivity (Wildman–Crippen MR) is 92.1 cm³/mol. The van der Waals surface area contributed by atoms with Gasteiger partial charge < -0.3 is 15.8 Å². The van der Waals surface area contributed by atoms with E-state index in [4.69, 9.17) is 5.73 Å². The normalized spacial score (nSPS) is 16.2. The van der Waals surface area contributed by atoms with Crippen molar-refractivity contribution in [1.82, 2.24) is 10.3 Å². The highest BCUT2D eigenvalue weighted by atomic mass is 35.5. The number of nitrogens with two attached hydrogens (primary N) is 1. The topological polar surface area (TPSA) is 77.2 Å². The van der Waals surface area contributed by atoms with E-state index in [1.807, 2.05) is 0 Å². The minimum absolute atomic E-state index is 0. The third-order valence-corrected chi connectivity index (χ3v) is 3.83. The lowest BCUT2D eigenvalue weighted by molar-refractivity contribution is -0.154. The zero-order chi connectivity index (χ0) is 16.9. The van der Waals surface area contributed by atoms with Crippen molar-refractivity contribution in [1.29, 1.82) is 0 Å². The van der Waals surface area contributed by atoms with Gasteiger partial charge in [-0.2, -0.15) is 13.2 Å². The summed E-state index contributed by atoms with van der Waals surface area (Å²) < 4.78 is 40.9. The van der Waals surface area contributed by atoms with E-state index in [-0.39, 0.29) is 43.1 Å². The molecule has 0 saturated heterocycles. The second kappa shape index (κ2) is 10.0. The van der Waals surface area contributed by atoms with Gasteiger partial charge in [0, 0.05) is 18.8 Å². The Morgan fingerprint density at radius 1 is 1.28 bits per heavy atom. The summed E-state index contributed by atoms with van der Waals surface area (Å²) in [5, 5.41) is 2.74. The molecular formula is C15H22Cl2F3N3O2. The molecule has 0 unspecified atom stereocenters. The molecule has 0 atom stereocenters. The van der Waals surface area contributed by atoms with Crippen LogP contribution in [0.4, 0.5) is 13.2 Å². The second-order valence-electron chi connectivity index (χ2n) is 5.81. The largest absolute Gasteiger partial charge is 0.468 e. The first-order chi connectivity index (χ1) is 10.8. The Hall–Kier alpha value is -1.25. The summed E-state index contributed by atoms with van der Waals surface area (Å²) in [7, 11) is 0. The van der Waals surface area contributed by atoms with Gasteiger partial charge in [-0.25, -0.2) is 4.98 Å². The number of nitrogens with zero attached hydrogens (tertiary/aromatic N) is 1. The highest BCUT2D eigenvalue weighted by molar-refractivity contribution is 5.86. The molecule has 1 heterocycles. The molecule has 2 rings (SSSR count). The molecule has 5 nitrogen and oxygen atoms in total. The fourth-order valence-corrected chi connectivity index (χ4v) is 2.56. The van der Waals surface area contributed by atoms with E-state index in [2.05, 4.69) is 15.0 Å². The van der Waals surface area contributed by atoms with E-state index in [0.29, 0.717) is 18.4 Å². The molecule has 1 fully saturated rings. The number of aromatic nitrogens is 1. The molecule has 0 bridgehead atoms. The third-order valence-electron chi connectivity index (χ3n) is 3.83. The minimum atomic E-state index is -4.42. The number of nitrogens with one attached hydrogen (secondary N) is 1. The quantitative estimate of drug-likeness (QED) is 0.791. The number of ether oxygens (including phenoxy) is 1. The molecule has 1 aliphatic carbocycles. The van der Waals surface area contributed by atoms with E-state index >= 15 is 0 Å². The lowest BCUT2D eigenvalue weighted by Crippen LogP contribution is -2.54. The standard InChI is InChI=1S/C15H20F3N3O2.2ClH/c16-15(17,18)10-23-12-8-11(4-7-20-12)9-21-13(22)14(19)5-2-1-3-6-14;;/h4,7-8H,1-3,5-6,9-10,19H2,(H,21,22);2*1H. The third kappa shape index (κ3) is 7.66. The highest BCUT2D eigenvalue weighted by Crippen LogP contribution is 2.26. The number of carbonyl (C=O) groups excluding carboxylic acids is 1. The van der Waals surface area contributed by atoms with Gasteiger partial charge in [-0.05, 0) is 24.5 Å². The number of carbonyl (C=O) groups is 1. The second-order valence-corrected chi connectivity index (χ2v) is 5.81. The number of rotatable bonds is 5. The summed E-state index contributed by atoms with van der Waals surface area (Å²) in [6.45, 7) is -1.23. The van der Waals surface area contributed by atoms with E-state index in [0.717, 1.165) is 19.3 Å². The summed E-state index contributed by atoms with van der Waals surface area (Å²) in [5.41, 5.74) is 5.87. The number of amides is 1. The SMILES string of the molecule is Cl.Cl.NC1(C(=O)NCc2ccnc(OCC(F)(F)F)c2)CCCCC1. The van der Waals surface area contributed by atoms with Crippen molar-refractivity contribution in [3.63, 3.8) is 0 Å². The number of hydrogen-bond acceptors (Lipinski definition) is 4. The molecule has 144 valence electrons. The number of alkyl halides is 3. The highest BCUT2D eigenvalue weighted by Gasteiger charge is 2.35. The van der Waals surface area contributed by atoms with Crippen molar-refractivity contribution >= 4 is 30.7 Å². The Labute approximate surface area is 156 Å². The van der Waals surface area contributed by atoms with Gasteiger partial charge >= 0.3 is 6.18 Å². The van der Waals surface area contributed by atoms with Gasteiger partial charge in [-0.15, -0.1) is 24.8 Å². The van der Waals surface area contributed by atoms with Gasteiger partial charge in [0.25, 0.3) is 0 Å². The first-order valence-electron chi connectivity index (χ1n) is 7.50. The van der Waals surface area contributed by atoms with Crippen LogP contribution in [-0.2, 0) is 11.3 Å². The predicted octanol–water partition coefficient (Wildman–Crippen LogP) is 3.14. The molecule has 1 aromatic heterocycles. The fraction of sp³-hybridized carbons (Fsp3) is 0.600. The van der Waals surface area contributed by atoms with Crippen molar-refractivity contribution < 1.29 is 22.7 Å². The van der Waals surface area contributed by atoms with Crippen LogP contribution in [0.1, 0.15) is 37.7 Å². The van der Waals surface area contributed by atoms with Gasteiger partial charge in [0.1, 0.15) is 0 Å². The van der Waals surface area contributed by atoms with Crippen molar-refractivity contribution in [3.05, 3.63) is 23.9 Å². The smallest absolute Gasteiger partial charge is 0.422 e. The summed E-state index contributed by atoms with van der Waals surface area (Å²) >= 11 is 0. The van der Waals surface area contributed by atoms with Crippen molar-refractivity contribution in [2.75, 3.05) is 6.61 Å². The van der Waals surface area contributed by atoms with E-state index in [9.17, 15) is 18.0 Å². The summed E-state index contributed by atoms with van der Waals surface area (Å²) in [4.78, 5) is 15.9. The molecule has 0 aliphatic heterocycles. The molecule has 25 heavy (non-hydrogen) atoms. The molecule has 1 aromatic rings. The summed E-state index contributed by atoms with van der Waals surface area (Å²) in [6.07, 6.45) is 1.15. The lowest BCUT2D eigenvalue weighted by Gasteiger charge is -2.31. The van der Waals surface area contributed by atoms with Crippen LogP contribution in [0.3, 0.4) is 0 Å². The molecule has 0 spiro atoms. The Bertz CT molecular complexity index is 553. The summed E-state index contributed by atoms with van der Waals surface area (Å²) in [6, 6.07) is 2.97. The van der Waals surface area contributed by atoms with Gasteiger partial charge in [0.15, 0.2) is 6.61 Å². The number of hydrogen-bond donors (Lipinski definition) is 2. The molecular weight excluding hydrogens is 382 g/mol. The molecule has 1 saturated carbocycles. The number of halogens is 5. The van der Waals surface area contributed by atoms with Crippen molar-refractivity contribution in [2.45, 2.75) is 50.4 Å². The van der Waals surface area contributed by atoms with Crippen LogP contribution in [0.2, 0.25) is 0 Å². The van der Waals surface area contributed by atoms with Crippen LogP contribution in [-0.4, -0.2) is 29.2 Å². The molecule has 3 N–H and O–H groups in total. The molecule has 0 aromatic carbocycles. The average Bonchev–Trinajstić information content (AvgIpc) is 2.51. The van der Waals surface area contributed by atoms with Crippen LogP contribution < -0.4 is 15.8 Å². The average molecular weight is 404 g/mol. The van der Waals surface area contributed by atoms with Gasteiger partial charge in [0.2, 0.25) is 11.8 Å². The molecule has 1 aliphatic rings. The monoisotopic (exact) mass is 403 g/mol. The Balaban J connectivity index is 0.00000288. The van der Waals surface area contributed by atoms with Crippen LogP contribution in [0.5, 0.6) is 5.88 Å². The maximum Gasteiger partial charge on any atom is 0.422 e. The summed E-state index contributed by atoms with van der Waals surface area (Å²) in [5.74, 6) is -0.360. The molecule has 1 amide bonds. The van der Waals surface area contributed by atoms with E-state index < -0.39 is 18.3 Å². The van der Waals surface area contributed by atoms with Crippen LogP contribution in [0.25, 0.3) is 0 Å². The Kier molecular flexibility index (Phi) is 9.53. The van der Waals surface area contributed by atoms with E-state index in [1.54, 1.807) is 6.07 Å². The van der Waals surface area contributed by atoms with Crippen molar-refractivity contribution in [2.24, 2.45) is 5.73 Å². The lowest BCUT2D eigenvalue weighted by atomic mass is 9.82. The van der Waals surface area contributed by atoms with Gasteiger partial charge in [-0.3, -0.25) is 4.79 Å². The Morgan fingerprint density at radius 3 is 2.52 bits per heavy atom. The van der Waals surface area contributed by atoms with Crippen LogP contribution in [0, 0.1) is 0 Å². The zero-order valence-corrected chi connectivity index (χ0v) is 15.1. The number of pyridine rings is 1. The first-order valence-corrected chi connectivity index (χ1v) is 7.50. The van der Waals surface area contributed by atoms with Gasteiger partial charge in [-0.1, -0.05) is 19.3 Å². The van der Waals surface area contributed by atoms with Gasteiger partial charge in [0.05, 0.1) is 5.54 Å². The zero-order valence-electron chi connectivity index (χ0n) is 13.5. The van der Waals surface area contributed by atoms with Crippen molar-refractivity contribution in [3.8, 4) is 5.88 Å². The molecule has 0 radical (unpaired) electrons. The maximum absolute atomic E-state index is 12.2. The van der Waals surface area contributed by atoms with E-state index in [1.165, 1.54) is 12.3 Å². The first kappa shape index (κ1) is 23.8. The Morgan fingerprint density at radius 2 is 1.92 bits per heavy atom. The van der Waals surface area contributed by atoms with Crippen LogP contribution in [0.15, 0.2) is 18.3 Å². The minimum Gasteiger partial charge on any atom is -0.468 e.